The first kappa shape index (κ1) is 16.4. The summed E-state index contributed by atoms with van der Waals surface area (Å²) in [7, 11) is 0. The van der Waals surface area contributed by atoms with E-state index in [1.807, 2.05) is 13.8 Å². The molecule has 6 nitrogen and oxygen atoms in total. The van der Waals surface area contributed by atoms with Crippen LogP contribution < -0.4 is 5.32 Å². The molecule has 22 heavy (non-hydrogen) atoms. The van der Waals surface area contributed by atoms with E-state index < -0.39 is 10.9 Å². The second-order valence-electron chi connectivity index (χ2n) is 6.65. The minimum atomic E-state index is -0.719. The van der Waals surface area contributed by atoms with Crippen LogP contribution in [0.4, 0.5) is 5.69 Å². The zero-order valence-corrected chi connectivity index (χ0v) is 13.1. The molecule has 1 saturated carbocycles. The third-order valence-corrected chi connectivity index (χ3v) is 5.02. The molecule has 1 fully saturated rings. The van der Waals surface area contributed by atoms with Crippen LogP contribution in [0.25, 0.3) is 0 Å². The molecule has 6 heteroatoms. The summed E-state index contributed by atoms with van der Waals surface area (Å²) in [5.41, 5.74) is 0.846. The Hall–Kier alpha value is -1.95. The molecular weight excluding hydrogens is 284 g/mol. The Morgan fingerprint density at radius 3 is 2.50 bits per heavy atom. The zero-order chi connectivity index (χ0) is 16.5. The molecule has 1 aliphatic rings. The van der Waals surface area contributed by atoms with Crippen molar-refractivity contribution in [2.24, 2.45) is 17.3 Å². The van der Waals surface area contributed by atoms with Gasteiger partial charge in [0.1, 0.15) is 0 Å². The smallest absolute Gasteiger partial charge is 0.307 e. The van der Waals surface area contributed by atoms with Gasteiger partial charge in [0.2, 0.25) is 0 Å². The molecule has 3 atom stereocenters. The summed E-state index contributed by atoms with van der Waals surface area (Å²) in [6, 6.07) is 6.67. The number of nitro groups is 1. The minimum absolute atomic E-state index is 0.0845. The number of rotatable bonds is 6. The third-order valence-electron chi connectivity index (χ3n) is 5.02. The van der Waals surface area contributed by atoms with Crippen molar-refractivity contribution in [3.05, 3.63) is 39.9 Å². The zero-order valence-electron chi connectivity index (χ0n) is 13.1. The van der Waals surface area contributed by atoms with Gasteiger partial charge in [0.05, 0.1) is 10.8 Å². The first-order valence-electron chi connectivity index (χ1n) is 7.43. The normalized spacial score (nSPS) is 24.3. The van der Waals surface area contributed by atoms with E-state index in [1.54, 1.807) is 12.1 Å². The van der Waals surface area contributed by atoms with Gasteiger partial charge >= 0.3 is 5.97 Å². The first-order valence-corrected chi connectivity index (χ1v) is 7.43. The average Bonchev–Trinajstić information content (AvgIpc) is 2.44. The predicted molar refractivity (Wildman–Crippen MR) is 82.4 cm³/mol. The van der Waals surface area contributed by atoms with Crippen molar-refractivity contribution in [2.45, 2.75) is 39.8 Å². The van der Waals surface area contributed by atoms with Crippen LogP contribution in [0, 0.1) is 27.4 Å². The molecule has 0 spiro atoms. The van der Waals surface area contributed by atoms with Gasteiger partial charge in [-0.3, -0.25) is 14.9 Å². The Morgan fingerprint density at radius 2 is 2.05 bits per heavy atom. The van der Waals surface area contributed by atoms with E-state index >= 15 is 0 Å². The minimum Gasteiger partial charge on any atom is -0.481 e. The molecule has 0 amide bonds. The van der Waals surface area contributed by atoms with Gasteiger partial charge in [0.15, 0.2) is 0 Å². The van der Waals surface area contributed by atoms with Crippen molar-refractivity contribution in [3.8, 4) is 0 Å². The van der Waals surface area contributed by atoms with Gasteiger partial charge in [0.25, 0.3) is 5.69 Å². The van der Waals surface area contributed by atoms with Gasteiger partial charge in [-0.25, -0.2) is 0 Å². The summed E-state index contributed by atoms with van der Waals surface area (Å²) in [5.74, 6) is -0.684. The van der Waals surface area contributed by atoms with E-state index in [-0.39, 0.29) is 23.1 Å². The molecule has 0 heterocycles. The number of nitrogens with zero attached hydrogens (tertiary/aromatic N) is 1. The van der Waals surface area contributed by atoms with Gasteiger partial charge < -0.3 is 10.4 Å². The first-order chi connectivity index (χ1) is 10.2. The highest BCUT2D eigenvalue weighted by Gasteiger charge is 2.53. The number of carboxylic acids is 1. The lowest BCUT2D eigenvalue weighted by Crippen LogP contribution is -2.55. The predicted octanol–water partition coefficient (Wildman–Crippen LogP) is 2.82. The van der Waals surface area contributed by atoms with Crippen LogP contribution in [0.2, 0.25) is 0 Å². The van der Waals surface area contributed by atoms with Crippen molar-refractivity contribution in [3.63, 3.8) is 0 Å². The standard InChI is InChI=1S/C16H22N2O4/c1-10(13-8-14(15(19)20)16(13,2)3)17-9-11-4-6-12(7-5-11)18(21)22/h4-7,10,13-14,17H,8-9H2,1-3H3,(H,19,20)/t10?,13-,14+/m0/s1. The van der Waals surface area contributed by atoms with Crippen molar-refractivity contribution in [2.75, 3.05) is 0 Å². The largest absolute Gasteiger partial charge is 0.481 e. The van der Waals surface area contributed by atoms with E-state index in [0.717, 1.165) is 5.56 Å². The summed E-state index contributed by atoms with van der Waals surface area (Å²) >= 11 is 0. The fraction of sp³-hybridized carbons (Fsp3) is 0.562. The molecule has 0 radical (unpaired) electrons. The van der Waals surface area contributed by atoms with Crippen molar-refractivity contribution in [1.82, 2.24) is 5.32 Å². The third kappa shape index (κ3) is 3.11. The lowest BCUT2D eigenvalue weighted by molar-refractivity contribution is -0.384. The van der Waals surface area contributed by atoms with E-state index in [1.165, 1.54) is 12.1 Å². The maximum absolute atomic E-state index is 11.2. The average molecular weight is 306 g/mol. The molecule has 1 aromatic carbocycles. The van der Waals surface area contributed by atoms with E-state index in [9.17, 15) is 20.0 Å². The number of nitro benzene ring substituents is 1. The molecule has 2 rings (SSSR count). The number of hydrogen-bond acceptors (Lipinski definition) is 4. The maximum Gasteiger partial charge on any atom is 0.307 e. The maximum atomic E-state index is 11.2. The quantitative estimate of drug-likeness (QED) is 0.622. The molecular formula is C16H22N2O4. The Morgan fingerprint density at radius 1 is 1.45 bits per heavy atom. The Labute approximate surface area is 129 Å². The van der Waals surface area contributed by atoms with Crippen molar-refractivity contribution in [1.29, 1.82) is 0 Å². The van der Waals surface area contributed by atoms with Crippen LogP contribution in [0.1, 0.15) is 32.8 Å². The van der Waals surface area contributed by atoms with Crippen LogP contribution in [-0.4, -0.2) is 22.0 Å². The number of carboxylic acid groups (broad SMARTS) is 1. The lowest BCUT2D eigenvalue weighted by Gasteiger charge is -2.52. The van der Waals surface area contributed by atoms with Crippen molar-refractivity contribution >= 4 is 11.7 Å². The van der Waals surface area contributed by atoms with E-state index in [2.05, 4.69) is 12.2 Å². The molecule has 0 bridgehead atoms. The fourth-order valence-electron chi connectivity index (χ4n) is 3.38. The second kappa shape index (κ2) is 6.04. The molecule has 0 aromatic heterocycles. The summed E-state index contributed by atoms with van der Waals surface area (Å²) in [4.78, 5) is 21.4. The molecule has 120 valence electrons. The molecule has 2 N–H and O–H groups in total. The SMILES string of the molecule is CC(NCc1ccc([N+](=O)[O-])cc1)[C@@H]1C[C@H](C(=O)O)C1(C)C. The van der Waals surface area contributed by atoms with Gasteiger partial charge in [-0.15, -0.1) is 0 Å². The summed E-state index contributed by atoms with van der Waals surface area (Å²) < 4.78 is 0. The molecule has 1 unspecified atom stereocenters. The summed E-state index contributed by atoms with van der Waals surface area (Å²) in [6.45, 7) is 6.69. The number of hydrogen-bond donors (Lipinski definition) is 2. The van der Waals surface area contributed by atoms with E-state index in [0.29, 0.717) is 18.9 Å². The van der Waals surface area contributed by atoms with Gasteiger partial charge in [0, 0.05) is 24.7 Å². The van der Waals surface area contributed by atoms with Gasteiger partial charge in [-0.2, -0.15) is 0 Å². The molecule has 0 saturated heterocycles. The van der Waals surface area contributed by atoms with Crippen molar-refractivity contribution < 1.29 is 14.8 Å². The van der Waals surface area contributed by atoms with Crippen LogP contribution in [-0.2, 0) is 11.3 Å². The van der Waals surface area contributed by atoms with E-state index in [4.69, 9.17) is 0 Å². The van der Waals surface area contributed by atoms with Crippen LogP contribution in [0.5, 0.6) is 0 Å². The second-order valence-corrected chi connectivity index (χ2v) is 6.65. The van der Waals surface area contributed by atoms with Crippen LogP contribution in [0.3, 0.4) is 0 Å². The molecule has 0 aliphatic heterocycles. The molecule has 1 aliphatic carbocycles. The van der Waals surface area contributed by atoms with Gasteiger partial charge in [-0.1, -0.05) is 26.0 Å². The summed E-state index contributed by atoms with van der Waals surface area (Å²) in [6.07, 6.45) is 0.691. The fourth-order valence-corrected chi connectivity index (χ4v) is 3.38. The Bertz CT molecular complexity index is 568. The Kier molecular flexibility index (Phi) is 4.51. The lowest BCUT2D eigenvalue weighted by atomic mass is 9.52. The van der Waals surface area contributed by atoms with Crippen LogP contribution >= 0.6 is 0 Å². The van der Waals surface area contributed by atoms with Crippen LogP contribution in [0.15, 0.2) is 24.3 Å². The summed E-state index contributed by atoms with van der Waals surface area (Å²) in [5, 5.41) is 23.2. The topological polar surface area (TPSA) is 92.5 Å². The number of nitrogens with one attached hydrogen (secondary N) is 1. The van der Waals surface area contributed by atoms with Gasteiger partial charge in [-0.05, 0) is 30.2 Å². The molecule has 1 aromatic rings. The number of non-ortho nitro benzene ring substituents is 1. The highest BCUT2D eigenvalue weighted by molar-refractivity contribution is 5.72. The highest BCUT2D eigenvalue weighted by atomic mass is 16.6. The Balaban J connectivity index is 1.89. The number of aliphatic carboxylic acids is 1. The monoisotopic (exact) mass is 306 g/mol. The highest BCUT2D eigenvalue weighted by Crippen LogP contribution is 2.52. The number of benzene rings is 1. The number of carbonyl (C=O) groups is 1.